The molecule has 2 N–H and O–H groups in total. The second-order valence-corrected chi connectivity index (χ2v) is 7.46. The first-order chi connectivity index (χ1) is 14.9. The van der Waals surface area contributed by atoms with Crippen LogP contribution in [-0.4, -0.2) is 36.0 Å². The predicted molar refractivity (Wildman–Crippen MR) is 117 cm³/mol. The zero-order chi connectivity index (χ0) is 22.6. The average molecular weight is 430 g/mol. The molecule has 7 heteroatoms. The molecule has 0 aliphatic rings. The number of rotatable bonds is 12. The number of alkyl carbamates (subject to hydrolysis) is 1. The van der Waals surface area contributed by atoms with Crippen LogP contribution in [0.25, 0.3) is 0 Å². The topological polar surface area (TPSA) is 94.1 Å². The Morgan fingerprint density at radius 3 is 2.39 bits per heavy atom. The number of hydrogen-bond acceptors (Lipinski definition) is 5. The van der Waals surface area contributed by atoms with Gasteiger partial charge in [-0.05, 0) is 49.1 Å². The Morgan fingerprint density at radius 2 is 1.74 bits per heavy atom. The van der Waals surface area contributed by atoms with Gasteiger partial charge in [-0.2, -0.15) is 0 Å². The van der Waals surface area contributed by atoms with E-state index >= 15 is 0 Å². The van der Waals surface area contributed by atoms with Gasteiger partial charge in [-0.3, -0.25) is 0 Å². The number of carbonyl (C=O) groups excluding carboxylic acids is 1. The minimum absolute atomic E-state index is 0.159. The Balaban J connectivity index is 1.81. The lowest BCUT2D eigenvalue weighted by molar-refractivity contribution is -0.153. The second kappa shape index (κ2) is 12.6. The first-order valence-electron chi connectivity index (χ1n) is 10.5. The SMILES string of the molecule is CCCOc1ccc(COC(=O)NCc2cccc(CC(OC(C)C)C(=O)O)c2)cc1. The van der Waals surface area contributed by atoms with Crippen molar-refractivity contribution in [3.8, 4) is 5.75 Å². The van der Waals surface area contributed by atoms with Crippen molar-refractivity contribution in [3.05, 3.63) is 65.2 Å². The molecule has 0 saturated carbocycles. The van der Waals surface area contributed by atoms with E-state index in [9.17, 15) is 14.7 Å². The van der Waals surface area contributed by atoms with Crippen LogP contribution in [-0.2, 0) is 33.8 Å². The van der Waals surface area contributed by atoms with Gasteiger partial charge in [-0.25, -0.2) is 9.59 Å². The van der Waals surface area contributed by atoms with Crippen molar-refractivity contribution >= 4 is 12.1 Å². The van der Waals surface area contributed by atoms with Crippen molar-refractivity contribution in [1.82, 2.24) is 5.32 Å². The molecule has 7 nitrogen and oxygen atoms in total. The summed E-state index contributed by atoms with van der Waals surface area (Å²) in [4.78, 5) is 23.4. The highest BCUT2D eigenvalue weighted by Crippen LogP contribution is 2.14. The second-order valence-electron chi connectivity index (χ2n) is 7.46. The van der Waals surface area contributed by atoms with Crippen molar-refractivity contribution in [1.29, 1.82) is 0 Å². The van der Waals surface area contributed by atoms with Gasteiger partial charge in [0.05, 0.1) is 12.7 Å². The molecule has 0 spiro atoms. The quantitative estimate of drug-likeness (QED) is 0.522. The molecule has 0 bridgehead atoms. The Hall–Kier alpha value is -3.06. The van der Waals surface area contributed by atoms with E-state index in [4.69, 9.17) is 14.2 Å². The third kappa shape index (κ3) is 9.09. The van der Waals surface area contributed by atoms with Crippen LogP contribution in [0.2, 0.25) is 0 Å². The maximum atomic E-state index is 12.0. The fraction of sp³-hybridized carbons (Fsp3) is 0.417. The van der Waals surface area contributed by atoms with Crippen LogP contribution >= 0.6 is 0 Å². The highest BCUT2D eigenvalue weighted by atomic mass is 16.5. The Bertz CT molecular complexity index is 834. The lowest BCUT2D eigenvalue weighted by Gasteiger charge is -2.17. The van der Waals surface area contributed by atoms with Gasteiger partial charge in [0.25, 0.3) is 0 Å². The van der Waals surface area contributed by atoms with Crippen molar-refractivity contribution in [2.45, 2.75) is 59.0 Å². The number of nitrogens with one attached hydrogen (secondary N) is 1. The van der Waals surface area contributed by atoms with Gasteiger partial charge in [-0.15, -0.1) is 0 Å². The van der Waals surface area contributed by atoms with E-state index in [0.29, 0.717) is 6.61 Å². The van der Waals surface area contributed by atoms with E-state index in [0.717, 1.165) is 28.9 Å². The zero-order valence-corrected chi connectivity index (χ0v) is 18.3. The van der Waals surface area contributed by atoms with E-state index in [1.54, 1.807) is 13.8 Å². The Kier molecular flexibility index (Phi) is 9.84. The van der Waals surface area contributed by atoms with Crippen molar-refractivity contribution in [3.63, 3.8) is 0 Å². The van der Waals surface area contributed by atoms with Crippen LogP contribution in [0.3, 0.4) is 0 Å². The van der Waals surface area contributed by atoms with E-state index in [1.165, 1.54) is 0 Å². The fourth-order valence-corrected chi connectivity index (χ4v) is 2.88. The van der Waals surface area contributed by atoms with E-state index in [1.807, 2.05) is 55.5 Å². The summed E-state index contributed by atoms with van der Waals surface area (Å²) in [5, 5.41) is 12.0. The molecule has 2 aromatic rings. The first-order valence-corrected chi connectivity index (χ1v) is 10.5. The van der Waals surface area contributed by atoms with Crippen LogP contribution in [0, 0.1) is 0 Å². The van der Waals surface area contributed by atoms with Crippen LogP contribution in [0.15, 0.2) is 48.5 Å². The number of benzene rings is 2. The summed E-state index contributed by atoms with van der Waals surface area (Å²) in [6.07, 6.45) is -0.417. The summed E-state index contributed by atoms with van der Waals surface area (Å²) in [6, 6.07) is 14.8. The van der Waals surface area contributed by atoms with Crippen LogP contribution in [0.5, 0.6) is 5.75 Å². The van der Waals surface area contributed by atoms with Gasteiger partial charge in [0.1, 0.15) is 12.4 Å². The molecule has 168 valence electrons. The minimum Gasteiger partial charge on any atom is -0.494 e. The maximum Gasteiger partial charge on any atom is 0.407 e. The molecule has 1 atom stereocenters. The highest BCUT2D eigenvalue weighted by molar-refractivity contribution is 5.72. The van der Waals surface area contributed by atoms with Crippen LogP contribution in [0.1, 0.15) is 43.9 Å². The number of carbonyl (C=O) groups is 2. The van der Waals surface area contributed by atoms with Crippen molar-refractivity contribution < 1.29 is 28.9 Å². The lowest BCUT2D eigenvalue weighted by Crippen LogP contribution is -2.29. The Labute approximate surface area is 183 Å². The summed E-state index contributed by atoms with van der Waals surface area (Å²) in [6.45, 7) is 6.76. The number of aliphatic carboxylic acids is 1. The molecule has 2 rings (SSSR count). The molecule has 31 heavy (non-hydrogen) atoms. The summed E-state index contributed by atoms with van der Waals surface area (Å²) in [5.41, 5.74) is 2.54. The predicted octanol–water partition coefficient (Wildman–Crippen LogP) is 4.32. The molecule has 1 amide bonds. The third-order valence-electron chi connectivity index (χ3n) is 4.33. The third-order valence-corrected chi connectivity index (χ3v) is 4.33. The van der Waals surface area contributed by atoms with Crippen LogP contribution < -0.4 is 10.1 Å². The van der Waals surface area contributed by atoms with Crippen LogP contribution in [0.4, 0.5) is 4.79 Å². The van der Waals surface area contributed by atoms with Gasteiger partial charge < -0.3 is 24.6 Å². The number of carboxylic acid groups (broad SMARTS) is 1. The van der Waals surface area contributed by atoms with Gasteiger partial charge in [-0.1, -0.05) is 43.3 Å². The Morgan fingerprint density at radius 1 is 1.03 bits per heavy atom. The summed E-state index contributed by atoms with van der Waals surface area (Å²) in [7, 11) is 0. The normalized spacial score (nSPS) is 11.7. The molecular weight excluding hydrogens is 398 g/mol. The van der Waals surface area contributed by atoms with E-state index < -0.39 is 18.2 Å². The number of ether oxygens (including phenoxy) is 3. The summed E-state index contributed by atoms with van der Waals surface area (Å²) in [5.74, 6) is -0.204. The molecular formula is C24H31NO6. The van der Waals surface area contributed by atoms with E-state index in [2.05, 4.69) is 5.32 Å². The van der Waals surface area contributed by atoms with Crippen molar-refractivity contribution in [2.75, 3.05) is 6.61 Å². The number of amides is 1. The van der Waals surface area contributed by atoms with Gasteiger partial charge >= 0.3 is 12.1 Å². The molecule has 0 aliphatic heterocycles. The summed E-state index contributed by atoms with van der Waals surface area (Å²) >= 11 is 0. The molecule has 1 unspecified atom stereocenters. The average Bonchev–Trinajstić information content (AvgIpc) is 2.75. The fourth-order valence-electron chi connectivity index (χ4n) is 2.88. The maximum absolute atomic E-state index is 12.0. The molecule has 0 aliphatic carbocycles. The van der Waals surface area contributed by atoms with Gasteiger partial charge in [0.2, 0.25) is 0 Å². The monoisotopic (exact) mass is 429 g/mol. The number of carboxylic acids is 1. The molecule has 0 fully saturated rings. The van der Waals surface area contributed by atoms with Gasteiger partial charge in [0, 0.05) is 13.0 Å². The molecule has 2 aromatic carbocycles. The summed E-state index contributed by atoms with van der Waals surface area (Å²) < 4.78 is 16.2. The van der Waals surface area contributed by atoms with E-state index in [-0.39, 0.29) is 25.7 Å². The molecule has 0 saturated heterocycles. The lowest BCUT2D eigenvalue weighted by atomic mass is 10.0. The molecule has 0 radical (unpaired) electrons. The number of hydrogen-bond donors (Lipinski definition) is 2. The largest absolute Gasteiger partial charge is 0.494 e. The molecule has 0 aromatic heterocycles. The minimum atomic E-state index is -0.995. The highest BCUT2D eigenvalue weighted by Gasteiger charge is 2.20. The standard InChI is InChI=1S/C24H31NO6/c1-4-12-29-21-10-8-18(9-11-21)16-30-24(28)25-15-20-7-5-6-19(13-20)14-22(23(26)27)31-17(2)3/h5-11,13,17,22H,4,12,14-16H2,1-3H3,(H,25,28)(H,26,27). The zero-order valence-electron chi connectivity index (χ0n) is 18.3. The smallest absolute Gasteiger partial charge is 0.407 e. The molecule has 0 heterocycles. The van der Waals surface area contributed by atoms with Gasteiger partial charge in [0.15, 0.2) is 6.10 Å². The first kappa shape index (κ1) is 24.2. The van der Waals surface area contributed by atoms with Crippen molar-refractivity contribution in [2.24, 2.45) is 0 Å².